The van der Waals surface area contributed by atoms with E-state index in [4.69, 9.17) is 9.52 Å². The third-order valence-electron chi connectivity index (χ3n) is 2.23. The SMILES string of the molecule is Cn1c(=O)oc2cccc(CC(=O)O)c21. The first kappa shape index (κ1) is 9.51. The molecule has 1 aromatic carbocycles. The molecule has 78 valence electrons. The lowest BCUT2D eigenvalue weighted by Crippen LogP contribution is -2.10. The zero-order valence-electron chi connectivity index (χ0n) is 8.06. The molecule has 5 nitrogen and oxygen atoms in total. The number of aryl methyl sites for hydroxylation is 1. The Morgan fingerprint density at radius 1 is 1.53 bits per heavy atom. The molecule has 0 aliphatic heterocycles. The van der Waals surface area contributed by atoms with Crippen LogP contribution in [0.3, 0.4) is 0 Å². The highest BCUT2D eigenvalue weighted by Gasteiger charge is 2.12. The lowest BCUT2D eigenvalue weighted by molar-refractivity contribution is -0.136. The number of fused-ring (bicyclic) bond motifs is 1. The van der Waals surface area contributed by atoms with Crippen molar-refractivity contribution in [3.8, 4) is 0 Å². The van der Waals surface area contributed by atoms with Gasteiger partial charge in [-0.05, 0) is 11.6 Å². The average molecular weight is 207 g/mol. The van der Waals surface area contributed by atoms with Crippen LogP contribution in [0.1, 0.15) is 5.56 Å². The highest BCUT2D eigenvalue weighted by molar-refractivity contribution is 5.82. The van der Waals surface area contributed by atoms with Gasteiger partial charge in [-0.1, -0.05) is 12.1 Å². The van der Waals surface area contributed by atoms with Crippen LogP contribution in [-0.4, -0.2) is 15.6 Å². The summed E-state index contributed by atoms with van der Waals surface area (Å²) in [6.07, 6.45) is -0.121. The van der Waals surface area contributed by atoms with Crippen LogP contribution >= 0.6 is 0 Å². The molecule has 15 heavy (non-hydrogen) atoms. The number of aromatic nitrogens is 1. The summed E-state index contributed by atoms with van der Waals surface area (Å²) in [5, 5.41) is 8.71. The Kier molecular flexibility index (Phi) is 2.07. The summed E-state index contributed by atoms with van der Waals surface area (Å²) in [4.78, 5) is 21.8. The molecule has 0 aliphatic rings. The number of carboxylic acid groups (broad SMARTS) is 1. The first-order chi connectivity index (χ1) is 7.09. The molecule has 0 aliphatic carbocycles. The van der Waals surface area contributed by atoms with Crippen LogP contribution in [0.15, 0.2) is 27.4 Å². The number of hydrogen-bond acceptors (Lipinski definition) is 3. The number of para-hydroxylation sites is 1. The number of oxazole rings is 1. The Balaban J connectivity index is 2.74. The van der Waals surface area contributed by atoms with Crippen molar-refractivity contribution in [1.82, 2.24) is 4.57 Å². The fourth-order valence-electron chi connectivity index (χ4n) is 1.59. The fourth-order valence-corrected chi connectivity index (χ4v) is 1.59. The minimum atomic E-state index is -0.934. The van der Waals surface area contributed by atoms with Crippen LogP contribution in [-0.2, 0) is 18.3 Å². The maximum absolute atomic E-state index is 11.2. The molecule has 1 N–H and O–H groups in total. The maximum Gasteiger partial charge on any atom is 0.419 e. The molecule has 5 heteroatoms. The highest BCUT2D eigenvalue weighted by Crippen LogP contribution is 2.17. The van der Waals surface area contributed by atoms with Gasteiger partial charge in [0.1, 0.15) is 0 Å². The van der Waals surface area contributed by atoms with Crippen LogP contribution in [0.4, 0.5) is 0 Å². The van der Waals surface area contributed by atoms with E-state index in [0.717, 1.165) is 0 Å². The molecule has 0 saturated heterocycles. The van der Waals surface area contributed by atoms with Crippen LogP contribution in [0.5, 0.6) is 0 Å². The van der Waals surface area contributed by atoms with Crippen molar-refractivity contribution < 1.29 is 14.3 Å². The predicted molar refractivity (Wildman–Crippen MR) is 52.8 cm³/mol. The summed E-state index contributed by atoms with van der Waals surface area (Å²) in [5.74, 6) is -1.42. The van der Waals surface area contributed by atoms with Gasteiger partial charge in [0.15, 0.2) is 5.58 Å². The summed E-state index contributed by atoms with van der Waals surface area (Å²) < 4.78 is 6.25. The van der Waals surface area contributed by atoms with E-state index in [-0.39, 0.29) is 6.42 Å². The number of hydrogen-bond donors (Lipinski definition) is 1. The Hall–Kier alpha value is -2.04. The number of aliphatic carboxylic acids is 1. The van der Waals surface area contributed by atoms with Gasteiger partial charge in [-0.2, -0.15) is 0 Å². The molecule has 2 aromatic rings. The predicted octanol–water partition coefficient (Wildman–Crippen LogP) is 0.759. The smallest absolute Gasteiger partial charge is 0.419 e. The third-order valence-corrected chi connectivity index (χ3v) is 2.23. The second-order valence-corrected chi connectivity index (χ2v) is 3.26. The van der Waals surface area contributed by atoms with Gasteiger partial charge in [0, 0.05) is 7.05 Å². The maximum atomic E-state index is 11.2. The van der Waals surface area contributed by atoms with Crippen molar-refractivity contribution in [2.75, 3.05) is 0 Å². The van der Waals surface area contributed by atoms with E-state index in [2.05, 4.69) is 0 Å². The average Bonchev–Trinajstić information content (AvgIpc) is 2.43. The number of carboxylic acids is 1. The minimum absolute atomic E-state index is 0.121. The Morgan fingerprint density at radius 3 is 2.93 bits per heavy atom. The van der Waals surface area contributed by atoms with Crippen molar-refractivity contribution in [2.24, 2.45) is 7.05 Å². The summed E-state index contributed by atoms with van der Waals surface area (Å²) in [6, 6.07) is 4.98. The Morgan fingerprint density at radius 2 is 2.27 bits per heavy atom. The molecule has 0 saturated carbocycles. The normalized spacial score (nSPS) is 10.7. The van der Waals surface area contributed by atoms with Gasteiger partial charge in [0.2, 0.25) is 0 Å². The fraction of sp³-hybridized carbons (Fsp3) is 0.200. The molecule has 0 bridgehead atoms. The van der Waals surface area contributed by atoms with E-state index < -0.39 is 11.7 Å². The largest absolute Gasteiger partial charge is 0.481 e. The number of carbonyl (C=O) groups is 1. The first-order valence-electron chi connectivity index (χ1n) is 4.39. The Bertz CT molecular complexity index is 579. The second kappa shape index (κ2) is 3.27. The third kappa shape index (κ3) is 1.52. The van der Waals surface area contributed by atoms with Gasteiger partial charge in [-0.15, -0.1) is 0 Å². The van der Waals surface area contributed by atoms with Crippen LogP contribution in [0.25, 0.3) is 11.1 Å². The van der Waals surface area contributed by atoms with Gasteiger partial charge < -0.3 is 9.52 Å². The van der Waals surface area contributed by atoms with Crippen molar-refractivity contribution in [3.63, 3.8) is 0 Å². The highest BCUT2D eigenvalue weighted by atomic mass is 16.4. The minimum Gasteiger partial charge on any atom is -0.481 e. The van der Waals surface area contributed by atoms with Crippen LogP contribution in [0, 0.1) is 0 Å². The van der Waals surface area contributed by atoms with Gasteiger partial charge in [-0.25, -0.2) is 4.79 Å². The first-order valence-corrected chi connectivity index (χ1v) is 4.39. The van der Waals surface area contributed by atoms with Crippen LogP contribution in [0.2, 0.25) is 0 Å². The van der Waals surface area contributed by atoms with E-state index in [0.29, 0.717) is 16.7 Å². The van der Waals surface area contributed by atoms with Gasteiger partial charge >= 0.3 is 11.7 Å². The molecule has 0 atom stereocenters. The molecular weight excluding hydrogens is 198 g/mol. The quantitative estimate of drug-likeness (QED) is 0.789. The van der Waals surface area contributed by atoms with Crippen molar-refractivity contribution in [2.45, 2.75) is 6.42 Å². The lowest BCUT2D eigenvalue weighted by Gasteiger charge is -1.99. The van der Waals surface area contributed by atoms with Crippen molar-refractivity contribution in [1.29, 1.82) is 0 Å². The van der Waals surface area contributed by atoms with E-state index in [1.54, 1.807) is 25.2 Å². The number of rotatable bonds is 2. The van der Waals surface area contributed by atoms with E-state index in [1.807, 2.05) is 0 Å². The monoisotopic (exact) mass is 207 g/mol. The zero-order chi connectivity index (χ0) is 11.0. The van der Waals surface area contributed by atoms with Gasteiger partial charge in [0.25, 0.3) is 0 Å². The number of nitrogens with zero attached hydrogens (tertiary/aromatic N) is 1. The van der Waals surface area contributed by atoms with Gasteiger partial charge in [0.05, 0.1) is 11.9 Å². The summed E-state index contributed by atoms with van der Waals surface area (Å²) in [6.45, 7) is 0. The number of benzene rings is 1. The molecule has 1 heterocycles. The standard InChI is InChI=1S/C10H9NO4/c1-11-9-6(5-8(12)13)3-2-4-7(9)15-10(11)14/h2-4H,5H2,1H3,(H,12,13). The Labute approximate surface area is 84.5 Å². The zero-order valence-corrected chi connectivity index (χ0v) is 8.06. The topological polar surface area (TPSA) is 72.4 Å². The van der Waals surface area contributed by atoms with E-state index in [9.17, 15) is 9.59 Å². The summed E-state index contributed by atoms with van der Waals surface area (Å²) in [5.41, 5.74) is 1.54. The molecule has 0 fully saturated rings. The van der Waals surface area contributed by atoms with E-state index in [1.165, 1.54) is 4.57 Å². The molecular formula is C10H9NO4. The van der Waals surface area contributed by atoms with Gasteiger partial charge in [-0.3, -0.25) is 9.36 Å². The molecule has 0 amide bonds. The summed E-state index contributed by atoms with van der Waals surface area (Å²) in [7, 11) is 1.56. The molecule has 0 radical (unpaired) electrons. The molecule has 1 aromatic heterocycles. The molecule has 2 rings (SSSR count). The molecule has 0 spiro atoms. The lowest BCUT2D eigenvalue weighted by atomic mass is 10.1. The summed E-state index contributed by atoms with van der Waals surface area (Å²) >= 11 is 0. The molecule has 0 unspecified atom stereocenters. The van der Waals surface area contributed by atoms with Crippen molar-refractivity contribution >= 4 is 17.1 Å². The van der Waals surface area contributed by atoms with E-state index >= 15 is 0 Å². The van der Waals surface area contributed by atoms with Crippen molar-refractivity contribution in [3.05, 3.63) is 34.3 Å². The second-order valence-electron chi connectivity index (χ2n) is 3.26. The van der Waals surface area contributed by atoms with Crippen LogP contribution < -0.4 is 5.76 Å².